The fraction of sp³-hybridized carbons (Fsp3) is 0.125. The minimum Gasteiger partial charge on any atom is -0.396 e. The number of anilines is 2. The number of hydrogen-bond acceptors (Lipinski definition) is 4. The number of carbonyl (C=O) groups is 1. The van der Waals surface area contributed by atoms with Gasteiger partial charge in [-0.05, 0) is 23.8 Å². The van der Waals surface area contributed by atoms with E-state index in [1.807, 2.05) is 49.5 Å². The fourth-order valence-electron chi connectivity index (χ4n) is 2.39. The topological polar surface area (TPSA) is 89.6 Å². The predicted molar refractivity (Wildman–Crippen MR) is 87.9 cm³/mol. The summed E-state index contributed by atoms with van der Waals surface area (Å²) >= 11 is 0. The number of carbonyl (C=O) groups excluding carboxylic acids is 1. The molecule has 3 rings (SSSR count). The molecule has 0 aliphatic heterocycles. The Balaban J connectivity index is 2.15. The third-order valence-electron chi connectivity index (χ3n) is 3.64. The Kier molecular flexibility index (Phi) is 3.21. The second kappa shape index (κ2) is 5.07. The number of nitrogen functional groups attached to an aromatic ring is 1. The summed E-state index contributed by atoms with van der Waals surface area (Å²) in [4.78, 5) is 13.4. The van der Waals surface area contributed by atoms with E-state index in [0.717, 1.165) is 16.8 Å². The van der Waals surface area contributed by atoms with Crippen LogP contribution in [0, 0.1) is 0 Å². The van der Waals surface area contributed by atoms with Gasteiger partial charge in [0.25, 0.3) is 5.91 Å². The van der Waals surface area contributed by atoms with Gasteiger partial charge in [-0.1, -0.05) is 12.1 Å². The number of aromatic nitrogens is 2. The lowest BCUT2D eigenvalue weighted by molar-refractivity contribution is 0.100. The van der Waals surface area contributed by atoms with Crippen LogP contribution in [0.1, 0.15) is 10.4 Å². The van der Waals surface area contributed by atoms with Crippen LogP contribution in [0.5, 0.6) is 0 Å². The first-order chi connectivity index (χ1) is 10.5. The van der Waals surface area contributed by atoms with Gasteiger partial charge >= 0.3 is 0 Å². The lowest BCUT2D eigenvalue weighted by Gasteiger charge is -2.13. The molecule has 6 heteroatoms. The monoisotopic (exact) mass is 295 g/mol. The minimum atomic E-state index is -0.579. The molecule has 112 valence electrons. The molecule has 0 saturated carbocycles. The second-order valence-corrected chi connectivity index (χ2v) is 5.34. The SMILES string of the molecule is CN(C)c1cccc(-c2cc3c(N)c(C(N)=O)cnn3c2)c1. The summed E-state index contributed by atoms with van der Waals surface area (Å²) in [6, 6.07) is 10.0. The smallest absolute Gasteiger partial charge is 0.252 e. The van der Waals surface area contributed by atoms with Crippen LogP contribution >= 0.6 is 0 Å². The van der Waals surface area contributed by atoms with E-state index in [4.69, 9.17) is 11.5 Å². The standard InChI is InChI=1S/C16H17N5O/c1-20(2)12-5-3-4-10(6-12)11-7-14-15(17)13(16(18)22)8-19-21(14)9-11/h3-9H,17H2,1-2H3,(H2,18,22). The molecule has 0 aliphatic carbocycles. The van der Waals surface area contributed by atoms with Crippen LogP contribution < -0.4 is 16.4 Å². The van der Waals surface area contributed by atoms with Gasteiger partial charge in [-0.25, -0.2) is 4.52 Å². The normalized spacial score (nSPS) is 10.8. The van der Waals surface area contributed by atoms with Crippen molar-refractivity contribution in [2.24, 2.45) is 5.73 Å². The quantitative estimate of drug-likeness (QED) is 0.770. The maximum atomic E-state index is 11.3. The molecule has 22 heavy (non-hydrogen) atoms. The zero-order valence-electron chi connectivity index (χ0n) is 12.4. The van der Waals surface area contributed by atoms with Crippen LogP contribution in [-0.2, 0) is 0 Å². The van der Waals surface area contributed by atoms with Gasteiger partial charge in [-0.2, -0.15) is 5.10 Å². The molecule has 1 aromatic carbocycles. The van der Waals surface area contributed by atoms with Crippen molar-refractivity contribution < 1.29 is 4.79 Å². The molecular weight excluding hydrogens is 278 g/mol. The van der Waals surface area contributed by atoms with Crippen LogP contribution in [-0.4, -0.2) is 29.6 Å². The Morgan fingerprint density at radius 1 is 1.23 bits per heavy atom. The van der Waals surface area contributed by atoms with Gasteiger partial charge in [0, 0.05) is 31.5 Å². The molecule has 4 N–H and O–H groups in total. The van der Waals surface area contributed by atoms with E-state index in [9.17, 15) is 4.79 Å². The fourth-order valence-corrected chi connectivity index (χ4v) is 2.39. The van der Waals surface area contributed by atoms with Crippen molar-refractivity contribution >= 4 is 22.8 Å². The number of rotatable bonds is 3. The van der Waals surface area contributed by atoms with Crippen LogP contribution in [0.15, 0.2) is 42.7 Å². The number of hydrogen-bond donors (Lipinski definition) is 2. The Hall–Kier alpha value is -3.02. The maximum absolute atomic E-state index is 11.3. The number of benzene rings is 1. The molecule has 3 aromatic rings. The molecule has 0 bridgehead atoms. The molecule has 0 spiro atoms. The minimum absolute atomic E-state index is 0.235. The van der Waals surface area contributed by atoms with Gasteiger partial charge in [0.15, 0.2) is 0 Å². The summed E-state index contributed by atoms with van der Waals surface area (Å²) in [7, 11) is 3.99. The van der Waals surface area contributed by atoms with Crippen LogP contribution in [0.25, 0.3) is 16.6 Å². The second-order valence-electron chi connectivity index (χ2n) is 5.34. The third-order valence-corrected chi connectivity index (χ3v) is 3.64. The lowest BCUT2D eigenvalue weighted by atomic mass is 10.1. The third kappa shape index (κ3) is 2.24. The largest absolute Gasteiger partial charge is 0.396 e. The van der Waals surface area contributed by atoms with Crippen molar-refractivity contribution in [3.05, 3.63) is 48.3 Å². The average molecular weight is 295 g/mol. The molecule has 2 heterocycles. The Morgan fingerprint density at radius 3 is 2.68 bits per heavy atom. The van der Waals surface area contributed by atoms with E-state index < -0.39 is 5.91 Å². The van der Waals surface area contributed by atoms with Gasteiger partial charge in [0.05, 0.1) is 23.0 Å². The van der Waals surface area contributed by atoms with Crippen LogP contribution in [0.2, 0.25) is 0 Å². The summed E-state index contributed by atoms with van der Waals surface area (Å²) < 4.78 is 1.65. The molecule has 0 saturated heterocycles. The zero-order chi connectivity index (χ0) is 15.9. The molecule has 0 radical (unpaired) electrons. The van der Waals surface area contributed by atoms with E-state index >= 15 is 0 Å². The lowest BCUT2D eigenvalue weighted by Crippen LogP contribution is -2.15. The molecule has 2 aromatic heterocycles. The summed E-state index contributed by atoms with van der Waals surface area (Å²) in [6.45, 7) is 0. The number of nitrogens with two attached hydrogens (primary N) is 2. The van der Waals surface area contributed by atoms with Crippen LogP contribution in [0.4, 0.5) is 11.4 Å². The van der Waals surface area contributed by atoms with E-state index in [1.165, 1.54) is 6.20 Å². The molecule has 1 amide bonds. The van der Waals surface area contributed by atoms with Gasteiger partial charge in [0.2, 0.25) is 0 Å². The summed E-state index contributed by atoms with van der Waals surface area (Å²) in [5, 5.41) is 4.19. The number of amides is 1. The van der Waals surface area contributed by atoms with Crippen molar-refractivity contribution in [2.75, 3.05) is 24.7 Å². The Labute approximate surface area is 127 Å². The summed E-state index contributed by atoms with van der Waals surface area (Å²) in [6.07, 6.45) is 3.27. The van der Waals surface area contributed by atoms with E-state index in [2.05, 4.69) is 11.2 Å². The maximum Gasteiger partial charge on any atom is 0.252 e. The summed E-state index contributed by atoms with van der Waals surface area (Å²) in [5.74, 6) is -0.579. The molecule has 0 unspecified atom stereocenters. The van der Waals surface area contributed by atoms with Crippen molar-refractivity contribution in [2.45, 2.75) is 0 Å². The van der Waals surface area contributed by atoms with Gasteiger partial charge in [0.1, 0.15) is 0 Å². The Morgan fingerprint density at radius 2 is 2.00 bits per heavy atom. The predicted octanol–water partition coefficient (Wildman–Crippen LogP) is 1.75. The molecule has 0 fully saturated rings. The Bertz CT molecular complexity index is 866. The first kappa shape index (κ1) is 13.9. The molecule has 6 nitrogen and oxygen atoms in total. The van der Waals surface area contributed by atoms with Crippen molar-refractivity contribution in [1.29, 1.82) is 0 Å². The first-order valence-corrected chi connectivity index (χ1v) is 6.82. The molecule has 0 atom stereocenters. The van der Waals surface area contributed by atoms with Crippen molar-refractivity contribution in [3.63, 3.8) is 0 Å². The first-order valence-electron chi connectivity index (χ1n) is 6.82. The number of primary amides is 1. The van der Waals surface area contributed by atoms with Crippen molar-refractivity contribution in [1.82, 2.24) is 9.61 Å². The number of nitrogens with zero attached hydrogens (tertiary/aromatic N) is 3. The van der Waals surface area contributed by atoms with E-state index in [-0.39, 0.29) is 5.56 Å². The molecular formula is C16H17N5O. The highest BCUT2D eigenvalue weighted by atomic mass is 16.1. The van der Waals surface area contributed by atoms with E-state index in [0.29, 0.717) is 11.2 Å². The number of fused-ring (bicyclic) bond motifs is 1. The van der Waals surface area contributed by atoms with Crippen LogP contribution in [0.3, 0.4) is 0 Å². The van der Waals surface area contributed by atoms with E-state index in [1.54, 1.807) is 4.52 Å². The van der Waals surface area contributed by atoms with Gasteiger partial charge in [-0.3, -0.25) is 4.79 Å². The highest BCUT2D eigenvalue weighted by Gasteiger charge is 2.13. The summed E-state index contributed by atoms with van der Waals surface area (Å²) in [5.41, 5.74) is 15.7. The highest BCUT2D eigenvalue weighted by molar-refractivity contribution is 6.01. The average Bonchev–Trinajstić information content (AvgIpc) is 2.92. The van der Waals surface area contributed by atoms with Gasteiger partial charge in [-0.15, -0.1) is 0 Å². The zero-order valence-corrected chi connectivity index (χ0v) is 12.4. The molecule has 0 aliphatic rings. The highest BCUT2D eigenvalue weighted by Crippen LogP contribution is 2.28. The van der Waals surface area contributed by atoms with Crippen molar-refractivity contribution in [3.8, 4) is 11.1 Å². The van der Waals surface area contributed by atoms with Gasteiger partial charge < -0.3 is 16.4 Å².